The van der Waals surface area contributed by atoms with Gasteiger partial charge in [-0.2, -0.15) is 0 Å². The van der Waals surface area contributed by atoms with Gasteiger partial charge in [-0.1, -0.05) is 17.7 Å². The Kier molecular flexibility index (Phi) is 4.21. The summed E-state index contributed by atoms with van der Waals surface area (Å²) in [6, 6.07) is 8.06. The zero-order chi connectivity index (χ0) is 17.3. The van der Waals surface area contributed by atoms with Crippen molar-refractivity contribution in [1.29, 1.82) is 0 Å². The zero-order valence-corrected chi connectivity index (χ0v) is 14.0. The monoisotopic (exact) mass is 320 g/mol. The first-order valence-corrected chi connectivity index (χ1v) is 7.88. The van der Waals surface area contributed by atoms with Crippen LogP contribution in [0.5, 0.6) is 0 Å². The van der Waals surface area contributed by atoms with E-state index in [0.29, 0.717) is 11.4 Å². The summed E-state index contributed by atoms with van der Waals surface area (Å²) in [7, 11) is 0. The van der Waals surface area contributed by atoms with Crippen molar-refractivity contribution in [3.8, 4) is 0 Å². The molecule has 0 aliphatic heterocycles. The first-order chi connectivity index (χ1) is 11.5. The largest absolute Gasteiger partial charge is 0.359 e. The molecule has 0 aliphatic carbocycles. The van der Waals surface area contributed by atoms with E-state index in [4.69, 9.17) is 0 Å². The minimum absolute atomic E-state index is 0.0412. The predicted octanol–water partition coefficient (Wildman–Crippen LogP) is 4.07. The number of hydrogen-bond acceptors (Lipinski definition) is 2. The molecule has 0 bridgehead atoms. The van der Waals surface area contributed by atoms with E-state index in [2.05, 4.69) is 42.9 Å². The summed E-state index contributed by atoms with van der Waals surface area (Å²) in [6.07, 6.45) is 5.34. The average Bonchev–Trinajstić information content (AvgIpc) is 3.19. The smallest absolute Gasteiger partial charge is 0.166 e. The number of benzene rings is 1. The standard InChI is InChI=1S/C20H20N2O2/c1-12-4-13(2)19(14(3)5-12)20(15-6-17(10-23)21-8-15)16-7-18(11-24)22-9-16/h4-11,20-22H,1-3H3. The van der Waals surface area contributed by atoms with Crippen LogP contribution >= 0.6 is 0 Å². The number of carbonyl (C=O) groups excluding carboxylic acids is 2. The summed E-state index contributed by atoms with van der Waals surface area (Å²) in [4.78, 5) is 28.1. The van der Waals surface area contributed by atoms with Crippen molar-refractivity contribution in [2.24, 2.45) is 0 Å². The van der Waals surface area contributed by atoms with Gasteiger partial charge < -0.3 is 9.97 Å². The van der Waals surface area contributed by atoms with Gasteiger partial charge in [0, 0.05) is 18.3 Å². The maximum absolute atomic E-state index is 11.1. The molecular weight excluding hydrogens is 300 g/mol. The summed E-state index contributed by atoms with van der Waals surface area (Å²) in [5.41, 5.74) is 7.91. The molecule has 0 unspecified atom stereocenters. The highest BCUT2D eigenvalue weighted by Crippen LogP contribution is 2.36. The summed E-state index contributed by atoms with van der Waals surface area (Å²) in [5.74, 6) is -0.0412. The Hall–Kier alpha value is -2.88. The quantitative estimate of drug-likeness (QED) is 0.696. The van der Waals surface area contributed by atoms with Crippen LogP contribution < -0.4 is 0 Å². The fraction of sp³-hybridized carbons (Fsp3) is 0.200. The van der Waals surface area contributed by atoms with Crippen LogP contribution in [0.15, 0.2) is 36.7 Å². The first kappa shape index (κ1) is 16.0. The van der Waals surface area contributed by atoms with Gasteiger partial charge >= 0.3 is 0 Å². The third-order valence-electron chi connectivity index (χ3n) is 4.40. The molecule has 2 N–H and O–H groups in total. The molecule has 4 nitrogen and oxygen atoms in total. The molecule has 2 heterocycles. The van der Waals surface area contributed by atoms with Crippen molar-refractivity contribution >= 4 is 12.6 Å². The van der Waals surface area contributed by atoms with E-state index in [1.54, 1.807) is 0 Å². The SMILES string of the molecule is Cc1cc(C)c(C(c2c[nH]c(C=O)c2)c2c[nH]c(C=O)c2)c(C)c1. The zero-order valence-electron chi connectivity index (χ0n) is 14.0. The molecule has 3 aromatic rings. The molecule has 122 valence electrons. The fourth-order valence-corrected chi connectivity index (χ4v) is 3.50. The minimum Gasteiger partial charge on any atom is -0.359 e. The van der Waals surface area contributed by atoms with Gasteiger partial charge in [0.1, 0.15) is 0 Å². The number of nitrogens with one attached hydrogen (secondary N) is 2. The molecule has 0 saturated heterocycles. The van der Waals surface area contributed by atoms with Crippen LogP contribution in [-0.2, 0) is 0 Å². The number of aromatic amines is 2. The molecule has 2 aromatic heterocycles. The van der Waals surface area contributed by atoms with Gasteiger partial charge in [-0.05, 0) is 60.7 Å². The number of rotatable bonds is 5. The summed E-state index contributed by atoms with van der Waals surface area (Å²) in [5, 5.41) is 0. The number of carbonyl (C=O) groups is 2. The molecule has 4 heteroatoms. The van der Waals surface area contributed by atoms with E-state index in [1.807, 2.05) is 24.5 Å². The molecule has 24 heavy (non-hydrogen) atoms. The van der Waals surface area contributed by atoms with Crippen molar-refractivity contribution in [2.45, 2.75) is 26.7 Å². The van der Waals surface area contributed by atoms with Crippen molar-refractivity contribution in [3.63, 3.8) is 0 Å². The number of aromatic nitrogens is 2. The molecule has 0 spiro atoms. The summed E-state index contributed by atoms with van der Waals surface area (Å²) < 4.78 is 0. The molecule has 0 radical (unpaired) electrons. The molecule has 0 aliphatic rings. The Morgan fingerprint density at radius 2 is 1.25 bits per heavy atom. The second-order valence-electron chi connectivity index (χ2n) is 6.26. The maximum Gasteiger partial charge on any atom is 0.166 e. The van der Waals surface area contributed by atoms with E-state index in [0.717, 1.165) is 23.7 Å². The van der Waals surface area contributed by atoms with E-state index >= 15 is 0 Å². The highest BCUT2D eigenvalue weighted by Gasteiger charge is 2.23. The molecule has 0 fully saturated rings. The van der Waals surface area contributed by atoms with Crippen molar-refractivity contribution in [2.75, 3.05) is 0 Å². The number of aldehydes is 2. The van der Waals surface area contributed by atoms with Crippen LogP contribution in [0.1, 0.15) is 60.3 Å². The van der Waals surface area contributed by atoms with Crippen LogP contribution in [0.2, 0.25) is 0 Å². The number of H-pyrrole nitrogens is 2. The van der Waals surface area contributed by atoms with Gasteiger partial charge in [0.25, 0.3) is 0 Å². The fourth-order valence-electron chi connectivity index (χ4n) is 3.50. The van der Waals surface area contributed by atoms with E-state index < -0.39 is 0 Å². The lowest BCUT2D eigenvalue weighted by Crippen LogP contribution is -2.06. The number of aryl methyl sites for hydroxylation is 3. The summed E-state index contributed by atoms with van der Waals surface area (Å²) >= 11 is 0. The van der Waals surface area contributed by atoms with Gasteiger partial charge in [-0.15, -0.1) is 0 Å². The van der Waals surface area contributed by atoms with E-state index in [9.17, 15) is 9.59 Å². The third-order valence-corrected chi connectivity index (χ3v) is 4.40. The predicted molar refractivity (Wildman–Crippen MR) is 94.0 cm³/mol. The van der Waals surface area contributed by atoms with Gasteiger partial charge in [0.15, 0.2) is 12.6 Å². The summed E-state index contributed by atoms with van der Waals surface area (Å²) in [6.45, 7) is 6.28. The Balaban J connectivity index is 2.22. The third kappa shape index (κ3) is 2.83. The highest BCUT2D eigenvalue weighted by molar-refractivity contribution is 5.74. The Morgan fingerprint density at radius 1 is 0.792 bits per heavy atom. The molecule has 3 rings (SSSR count). The second kappa shape index (κ2) is 6.32. The lowest BCUT2D eigenvalue weighted by molar-refractivity contribution is 0.111. The molecule has 1 aromatic carbocycles. The average molecular weight is 320 g/mol. The van der Waals surface area contributed by atoms with Crippen LogP contribution in [0.4, 0.5) is 0 Å². The number of hydrogen-bond donors (Lipinski definition) is 2. The van der Waals surface area contributed by atoms with Gasteiger partial charge in [-0.25, -0.2) is 0 Å². The maximum atomic E-state index is 11.1. The van der Waals surface area contributed by atoms with Gasteiger partial charge in [-0.3, -0.25) is 9.59 Å². The second-order valence-corrected chi connectivity index (χ2v) is 6.26. The normalized spacial score (nSPS) is 11.0. The molecule has 0 amide bonds. The van der Waals surface area contributed by atoms with Crippen molar-refractivity contribution in [3.05, 3.63) is 81.4 Å². The molecular formula is C20H20N2O2. The van der Waals surface area contributed by atoms with Crippen molar-refractivity contribution in [1.82, 2.24) is 9.97 Å². The Morgan fingerprint density at radius 3 is 1.62 bits per heavy atom. The topological polar surface area (TPSA) is 65.7 Å². The lowest BCUT2D eigenvalue weighted by Gasteiger charge is -2.21. The lowest BCUT2D eigenvalue weighted by atomic mass is 9.82. The Bertz CT molecular complexity index is 833. The van der Waals surface area contributed by atoms with Gasteiger partial charge in [0.05, 0.1) is 11.4 Å². The molecule has 0 saturated carbocycles. The molecule has 0 atom stereocenters. The first-order valence-electron chi connectivity index (χ1n) is 7.88. The van der Waals surface area contributed by atoms with E-state index in [-0.39, 0.29) is 5.92 Å². The van der Waals surface area contributed by atoms with Gasteiger partial charge in [0.2, 0.25) is 0 Å². The van der Waals surface area contributed by atoms with Crippen LogP contribution in [-0.4, -0.2) is 22.5 Å². The van der Waals surface area contributed by atoms with Crippen LogP contribution in [0, 0.1) is 20.8 Å². The Labute approximate surface area is 140 Å². The minimum atomic E-state index is -0.0412. The van der Waals surface area contributed by atoms with Crippen molar-refractivity contribution < 1.29 is 9.59 Å². The van der Waals surface area contributed by atoms with E-state index in [1.165, 1.54) is 22.3 Å². The highest BCUT2D eigenvalue weighted by atomic mass is 16.1. The van der Waals surface area contributed by atoms with Crippen LogP contribution in [0.25, 0.3) is 0 Å². The van der Waals surface area contributed by atoms with Crippen LogP contribution in [0.3, 0.4) is 0 Å².